The third-order valence-electron chi connectivity index (χ3n) is 1.57. The van der Waals surface area contributed by atoms with Crippen LogP contribution in [0.4, 0.5) is 5.69 Å². The van der Waals surface area contributed by atoms with Crippen LogP contribution in [0, 0.1) is 10.7 Å². The van der Waals surface area contributed by atoms with E-state index in [-0.39, 0.29) is 11.2 Å². The molecule has 0 unspecified atom stereocenters. The number of carbonyl (C=O) groups is 1. The van der Waals surface area contributed by atoms with Crippen LogP contribution in [-0.2, 0) is 4.79 Å². The summed E-state index contributed by atoms with van der Waals surface area (Å²) in [5.74, 6) is -0.223. The Labute approximate surface area is 115 Å². The number of amides is 1. The van der Waals surface area contributed by atoms with Crippen LogP contribution in [0.5, 0.6) is 0 Å². The zero-order valence-corrected chi connectivity index (χ0v) is 11.7. The highest BCUT2D eigenvalue weighted by atomic mass is 79.9. The second kappa shape index (κ2) is 6.36. The maximum absolute atomic E-state index is 11.1. The first-order chi connectivity index (χ1) is 7.58. The number of nitriles is 1. The van der Waals surface area contributed by atoms with E-state index in [1.165, 1.54) is 6.07 Å². The fourth-order valence-electron chi connectivity index (χ4n) is 0.935. The van der Waals surface area contributed by atoms with Gasteiger partial charge in [-0.05, 0) is 23.9 Å². The summed E-state index contributed by atoms with van der Waals surface area (Å²) in [6.07, 6.45) is 0. The minimum atomic E-state index is -0.223. The topological polar surface area (TPSA) is 52.9 Å². The number of hydrogen-bond acceptors (Lipinski definition) is 3. The van der Waals surface area contributed by atoms with Gasteiger partial charge in [-0.1, -0.05) is 39.1 Å². The molecule has 16 heavy (non-hydrogen) atoms. The lowest BCUT2D eigenvalue weighted by Gasteiger charge is -2.08. The van der Waals surface area contributed by atoms with Crippen molar-refractivity contribution >= 4 is 62.5 Å². The lowest BCUT2D eigenvalue weighted by atomic mass is 10.3. The number of nitrogens with one attached hydrogen (secondary N) is 1. The van der Waals surface area contributed by atoms with E-state index in [4.69, 9.17) is 28.5 Å². The van der Waals surface area contributed by atoms with Crippen molar-refractivity contribution in [1.29, 1.82) is 5.26 Å². The maximum atomic E-state index is 11.1. The first kappa shape index (κ1) is 13.7. The number of hydrogen-bond donors (Lipinski definition) is 1. The standard InChI is InChI=1S/C9H5BrCl2N2OS/c10-3-9(15)14-7-1-6(12)8(16-4-13)2-5(7)11/h1-2H,3H2,(H,14,15). The minimum absolute atomic E-state index is 0.176. The second-order valence-electron chi connectivity index (χ2n) is 2.64. The van der Waals surface area contributed by atoms with Crippen LogP contribution >= 0.6 is 50.9 Å². The molecule has 0 spiro atoms. The highest BCUT2D eigenvalue weighted by molar-refractivity contribution is 9.09. The molecule has 0 fully saturated rings. The molecule has 0 aromatic heterocycles. The summed E-state index contributed by atoms with van der Waals surface area (Å²) in [6.45, 7) is 0. The summed E-state index contributed by atoms with van der Waals surface area (Å²) in [7, 11) is 0. The molecule has 0 heterocycles. The molecule has 3 nitrogen and oxygen atoms in total. The molecule has 1 amide bonds. The van der Waals surface area contributed by atoms with Crippen molar-refractivity contribution in [3.8, 4) is 5.40 Å². The quantitative estimate of drug-likeness (QED) is 0.516. The summed E-state index contributed by atoms with van der Waals surface area (Å²) in [5, 5.41) is 13.9. The predicted molar refractivity (Wildman–Crippen MR) is 70.4 cm³/mol. The second-order valence-corrected chi connectivity index (χ2v) is 4.84. The Morgan fingerprint density at radius 1 is 1.50 bits per heavy atom. The molecule has 1 N–H and O–H groups in total. The Morgan fingerprint density at radius 3 is 2.75 bits per heavy atom. The van der Waals surface area contributed by atoms with Gasteiger partial charge in [0.2, 0.25) is 5.91 Å². The molecule has 0 atom stereocenters. The minimum Gasteiger partial charge on any atom is -0.324 e. The zero-order chi connectivity index (χ0) is 12.1. The highest BCUT2D eigenvalue weighted by Crippen LogP contribution is 2.34. The zero-order valence-electron chi connectivity index (χ0n) is 7.76. The van der Waals surface area contributed by atoms with E-state index in [1.807, 2.05) is 5.40 Å². The predicted octanol–water partition coefficient (Wildman–Crippen LogP) is 3.90. The van der Waals surface area contributed by atoms with Crippen LogP contribution in [0.25, 0.3) is 0 Å². The van der Waals surface area contributed by atoms with Gasteiger partial charge in [0.1, 0.15) is 5.40 Å². The molecule has 0 saturated carbocycles. The van der Waals surface area contributed by atoms with Crippen molar-refractivity contribution < 1.29 is 4.79 Å². The Kier molecular flexibility index (Phi) is 5.42. The molecule has 84 valence electrons. The van der Waals surface area contributed by atoms with Crippen LogP contribution in [0.2, 0.25) is 10.0 Å². The molecule has 0 saturated heterocycles. The normalized spacial score (nSPS) is 9.62. The van der Waals surface area contributed by atoms with E-state index in [0.717, 1.165) is 11.8 Å². The number of carbonyl (C=O) groups excluding carboxylic acids is 1. The van der Waals surface area contributed by atoms with E-state index in [1.54, 1.807) is 6.07 Å². The van der Waals surface area contributed by atoms with E-state index in [9.17, 15) is 4.79 Å². The molecule has 7 heteroatoms. The summed E-state index contributed by atoms with van der Waals surface area (Å²) in [6, 6.07) is 3.06. The molecule has 0 bridgehead atoms. The van der Waals surface area contributed by atoms with Crippen molar-refractivity contribution in [3.63, 3.8) is 0 Å². The number of thiocyanates is 1. The number of benzene rings is 1. The smallest absolute Gasteiger partial charge is 0.235 e. The molecule has 0 aliphatic rings. The lowest BCUT2D eigenvalue weighted by molar-refractivity contribution is -0.113. The third kappa shape index (κ3) is 3.56. The van der Waals surface area contributed by atoms with Crippen LogP contribution in [0.1, 0.15) is 0 Å². The SMILES string of the molecule is N#CSc1cc(Cl)c(NC(=O)CBr)cc1Cl. The van der Waals surface area contributed by atoms with Crippen molar-refractivity contribution in [2.24, 2.45) is 0 Å². The molecule has 0 aliphatic heterocycles. The molecule has 0 aliphatic carbocycles. The fraction of sp³-hybridized carbons (Fsp3) is 0.111. The van der Waals surface area contributed by atoms with E-state index < -0.39 is 0 Å². The van der Waals surface area contributed by atoms with Gasteiger partial charge in [-0.3, -0.25) is 4.79 Å². The van der Waals surface area contributed by atoms with Gasteiger partial charge in [-0.25, -0.2) is 0 Å². The molecular weight excluding hydrogens is 335 g/mol. The molecule has 0 radical (unpaired) electrons. The van der Waals surface area contributed by atoms with Gasteiger partial charge in [0.05, 0.1) is 21.1 Å². The number of rotatable bonds is 3. The first-order valence-electron chi connectivity index (χ1n) is 3.99. The molecule has 1 aromatic rings. The van der Waals surface area contributed by atoms with Crippen molar-refractivity contribution in [3.05, 3.63) is 22.2 Å². The number of nitrogens with zero attached hydrogens (tertiary/aromatic N) is 1. The van der Waals surface area contributed by atoms with Gasteiger partial charge in [0.15, 0.2) is 0 Å². The van der Waals surface area contributed by atoms with Crippen LogP contribution in [0.15, 0.2) is 17.0 Å². The van der Waals surface area contributed by atoms with Gasteiger partial charge < -0.3 is 5.32 Å². The first-order valence-corrected chi connectivity index (χ1v) is 6.68. The van der Waals surface area contributed by atoms with Crippen molar-refractivity contribution in [2.75, 3.05) is 10.6 Å². The average Bonchev–Trinajstić information content (AvgIpc) is 2.25. The van der Waals surface area contributed by atoms with Crippen molar-refractivity contribution in [2.45, 2.75) is 4.90 Å². The molecule has 1 aromatic carbocycles. The van der Waals surface area contributed by atoms with Gasteiger partial charge in [-0.15, -0.1) is 0 Å². The third-order valence-corrected chi connectivity index (χ3v) is 3.47. The van der Waals surface area contributed by atoms with Gasteiger partial charge in [0, 0.05) is 4.90 Å². The summed E-state index contributed by atoms with van der Waals surface area (Å²) in [5.41, 5.74) is 0.429. The fourth-order valence-corrected chi connectivity index (χ4v) is 2.06. The largest absolute Gasteiger partial charge is 0.324 e. The molecule has 1 rings (SSSR count). The Morgan fingerprint density at radius 2 is 2.19 bits per heavy atom. The number of thioether (sulfide) groups is 1. The van der Waals surface area contributed by atoms with Gasteiger partial charge >= 0.3 is 0 Å². The summed E-state index contributed by atoms with van der Waals surface area (Å²) < 4.78 is 0. The van der Waals surface area contributed by atoms with Crippen molar-refractivity contribution in [1.82, 2.24) is 0 Å². The Hall–Kier alpha value is -0.410. The van der Waals surface area contributed by atoms with E-state index in [2.05, 4.69) is 21.2 Å². The Balaban J connectivity index is 3.01. The molecular formula is C9H5BrCl2N2OS. The van der Waals surface area contributed by atoms with Crippen LogP contribution in [-0.4, -0.2) is 11.2 Å². The van der Waals surface area contributed by atoms with E-state index in [0.29, 0.717) is 20.6 Å². The van der Waals surface area contributed by atoms with Gasteiger partial charge in [0.25, 0.3) is 0 Å². The van der Waals surface area contributed by atoms with Gasteiger partial charge in [-0.2, -0.15) is 5.26 Å². The number of halogens is 3. The van der Waals surface area contributed by atoms with Crippen LogP contribution < -0.4 is 5.32 Å². The van der Waals surface area contributed by atoms with E-state index >= 15 is 0 Å². The number of alkyl halides is 1. The highest BCUT2D eigenvalue weighted by Gasteiger charge is 2.09. The monoisotopic (exact) mass is 338 g/mol. The van der Waals surface area contributed by atoms with Crippen LogP contribution in [0.3, 0.4) is 0 Å². The maximum Gasteiger partial charge on any atom is 0.235 e. The summed E-state index contributed by atoms with van der Waals surface area (Å²) in [4.78, 5) is 11.7. The Bertz CT molecular complexity index is 462. The number of anilines is 1. The average molecular weight is 340 g/mol. The summed E-state index contributed by atoms with van der Waals surface area (Å²) >= 11 is 15.8. The lowest BCUT2D eigenvalue weighted by Crippen LogP contribution is -2.12.